The van der Waals surface area contributed by atoms with Gasteiger partial charge >= 0.3 is 0 Å². The Morgan fingerprint density at radius 1 is 1.06 bits per heavy atom. The lowest BCUT2D eigenvalue weighted by Gasteiger charge is -2.29. The summed E-state index contributed by atoms with van der Waals surface area (Å²) in [6.07, 6.45) is 0.722. The van der Waals surface area contributed by atoms with E-state index in [9.17, 15) is 14.7 Å². The van der Waals surface area contributed by atoms with Crippen LogP contribution in [0.4, 0.5) is 0 Å². The maximum absolute atomic E-state index is 13.1. The number of carbonyl (C=O) groups excluding carboxylic acids is 2. The maximum atomic E-state index is 13.1. The number of hydrogen-bond donors (Lipinski definition) is 1. The van der Waals surface area contributed by atoms with Crippen molar-refractivity contribution in [2.24, 2.45) is 0 Å². The molecule has 7 heteroatoms. The standard InChI is InChI=1S/C26H30N2O5/c1-2-33-21-11-6-10-20(18-21)23-22(24(29)19-8-4-3-5-9-19)25(30)26(31)28(23)13-7-12-27-14-16-32-17-15-27/h3-6,8-11,18,23,29H,2,7,12-17H2,1H3. The predicted octanol–water partition coefficient (Wildman–Crippen LogP) is 3.23. The summed E-state index contributed by atoms with van der Waals surface area (Å²) < 4.78 is 11.1. The van der Waals surface area contributed by atoms with Gasteiger partial charge in [-0.05, 0) is 31.0 Å². The van der Waals surface area contributed by atoms with E-state index in [0.717, 1.165) is 31.6 Å². The number of amides is 1. The average molecular weight is 451 g/mol. The summed E-state index contributed by atoms with van der Waals surface area (Å²) in [5.41, 5.74) is 1.37. The lowest BCUT2D eigenvalue weighted by Crippen LogP contribution is -2.38. The highest BCUT2D eigenvalue weighted by Crippen LogP contribution is 2.40. The molecule has 1 amide bonds. The smallest absolute Gasteiger partial charge is 0.295 e. The van der Waals surface area contributed by atoms with E-state index in [4.69, 9.17) is 9.47 Å². The summed E-state index contributed by atoms with van der Waals surface area (Å²) >= 11 is 0. The van der Waals surface area contributed by atoms with Gasteiger partial charge in [0.1, 0.15) is 11.5 Å². The Kier molecular flexibility index (Phi) is 7.42. The number of Topliss-reactive ketones (excluding diaryl/α,β-unsaturated/α-hetero) is 1. The summed E-state index contributed by atoms with van der Waals surface area (Å²) in [5.74, 6) is -0.735. The minimum Gasteiger partial charge on any atom is -0.507 e. The van der Waals surface area contributed by atoms with E-state index < -0.39 is 17.7 Å². The third kappa shape index (κ3) is 5.10. The highest BCUT2D eigenvalue weighted by atomic mass is 16.5. The van der Waals surface area contributed by atoms with Crippen LogP contribution in [-0.4, -0.2) is 72.6 Å². The van der Waals surface area contributed by atoms with Crippen LogP contribution in [0, 0.1) is 0 Å². The number of benzene rings is 2. The number of ether oxygens (including phenoxy) is 2. The number of hydrogen-bond acceptors (Lipinski definition) is 6. The Morgan fingerprint density at radius 2 is 1.82 bits per heavy atom. The van der Waals surface area contributed by atoms with Crippen LogP contribution in [-0.2, 0) is 14.3 Å². The Balaban J connectivity index is 1.67. The number of aliphatic hydroxyl groups excluding tert-OH is 1. The molecule has 2 aliphatic heterocycles. The van der Waals surface area contributed by atoms with Gasteiger partial charge in [0.15, 0.2) is 0 Å². The van der Waals surface area contributed by atoms with Crippen LogP contribution >= 0.6 is 0 Å². The van der Waals surface area contributed by atoms with Crippen LogP contribution < -0.4 is 4.74 Å². The number of likely N-dealkylation sites (tertiary alicyclic amines) is 1. The van der Waals surface area contributed by atoms with Crippen molar-refractivity contribution >= 4 is 17.4 Å². The zero-order chi connectivity index (χ0) is 23.2. The molecule has 0 radical (unpaired) electrons. The van der Waals surface area contributed by atoms with E-state index in [1.807, 2.05) is 37.3 Å². The van der Waals surface area contributed by atoms with E-state index in [0.29, 0.717) is 37.7 Å². The SMILES string of the molecule is CCOc1cccc(C2C(=C(O)c3ccccc3)C(=O)C(=O)N2CCCN2CCOCC2)c1. The average Bonchev–Trinajstić information content (AvgIpc) is 3.10. The Hall–Kier alpha value is -3.16. The fraction of sp³-hybridized carbons (Fsp3) is 0.385. The summed E-state index contributed by atoms with van der Waals surface area (Å²) in [6.45, 7) is 6.80. The second-order valence-corrected chi connectivity index (χ2v) is 8.17. The molecule has 7 nitrogen and oxygen atoms in total. The molecule has 1 atom stereocenters. The Morgan fingerprint density at radius 3 is 2.55 bits per heavy atom. The first-order valence-corrected chi connectivity index (χ1v) is 11.5. The van der Waals surface area contributed by atoms with Crippen molar-refractivity contribution in [2.45, 2.75) is 19.4 Å². The second-order valence-electron chi connectivity index (χ2n) is 8.17. The van der Waals surface area contributed by atoms with Crippen LogP contribution in [0.1, 0.15) is 30.5 Å². The van der Waals surface area contributed by atoms with Crippen molar-refractivity contribution in [3.8, 4) is 5.75 Å². The number of carbonyl (C=O) groups is 2. The van der Waals surface area contributed by atoms with Crippen molar-refractivity contribution in [3.63, 3.8) is 0 Å². The van der Waals surface area contributed by atoms with Gasteiger partial charge in [-0.2, -0.15) is 0 Å². The van der Waals surface area contributed by atoms with E-state index in [2.05, 4.69) is 4.90 Å². The van der Waals surface area contributed by atoms with Crippen molar-refractivity contribution in [1.82, 2.24) is 9.80 Å². The molecule has 0 aliphatic carbocycles. The summed E-state index contributed by atoms with van der Waals surface area (Å²) in [6, 6.07) is 15.6. The van der Waals surface area contributed by atoms with Gasteiger partial charge in [0, 0.05) is 31.7 Å². The fourth-order valence-electron chi connectivity index (χ4n) is 4.44. The first-order valence-electron chi connectivity index (χ1n) is 11.5. The molecule has 2 aromatic carbocycles. The third-order valence-electron chi connectivity index (χ3n) is 6.05. The van der Waals surface area contributed by atoms with Gasteiger partial charge in [-0.1, -0.05) is 42.5 Å². The molecular formula is C26H30N2O5. The van der Waals surface area contributed by atoms with Gasteiger partial charge in [0.05, 0.1) is 31.4 Å². The Labute approximate surface area is 194 Å². The maximum Gasteiger partial charge on any atom is 0.295 e. The molecule has 2 aliphatic rings. The van der Waals surface area contributed by atoms with Crippen LogP contribution in [0.3, 0.4) is 0 Å². The van der Waals surface area contributed by atoms with Crippen LogP contribution in [0.2, 0.25) is 0 Å². The highest BCUT2D eigenvalue weighted by molar-refractivity contribution is 6.46. The molecule has 2 saturated heterocycles. The molecule has 2 fully saturated rings. The molecule has 2 aromatic rings. The summed E-state index contributed by atoms with van der Waals surface area (Å²) in [4.78, 5) is 30.1. The van der Waals surface area contributed by atoms with Gasteiger partial charge < -0.3 is 19.5 Å². The molecule has 174 valence electrons. The van der Waals surface area contributed by atoms with E-state index >= 15 is 0 Å². The molecular weight excluding hydrogens is 420 g/mol. The van der Waals surface area contributed by atoms with Crippen molar-refractivity contribution in [1.29, 1.82) is 0 Å². The monoisotopic (exact) mass is 450 g/mol. The van der Waals surface area contributed by atoms with Crippen molar-refractivity contribution in [3.05, 3.63) is 71.3 Å². The topological polar surface area (TPSA) is 79.3 Å². The Bertz CT molecular complexity index is 1010. The van der Waals surface area contributed by atoms with E-state index in [1.165, 1.54) is 0 Å². The molecule has 0 aromatic heterocycles. The van der Waals surface area contributed by atoms with E-state index in [-0.39, 0.29) is 11.3 Å². The molecule has 1 N–H and O–H groups in total. The highest BCUT2D eigenvalue weighted by Gasteiger charge is 2.45. The van der Waals surface area contributed by atoms with Gasteiger partial charge in [-0.25, -0.2) is 0 Å². The second kappa shape index (κ2) is 10.6. The van der Waals surface area contributed by atoms with Gasteiger partial charge in [0.25, 0.3) is 11.7 Å². The molecule has 2 heterocycles. The lowest BCUT2D eigenvalue weighted by atomic mass is 9.95. The number of aliphatic hydroxyl groups is 1. The number of ketones is 1. The van der Waals surface area contributed by atoms with Crippen LogP contribution in [0.25, 0.3) is 5.76 Å². The van der Waals surface area contributed by atoms with Crippen LogP contribution in [0.5, 0.6) is 5.75 Å². The number of rotatable bonds is 8. The quantitative estimate of drug-likeness (QED) is 0.378. The minimum atomic E-state index is -0.671. The van der Waals surface area contributed by atoms with Gasteiger partial charge in [-0.3, -0.25) is 14.5 Å². The fourth-order valence-corrected chi connectivity index (χ4v) is 4.44. The van der Waals surface area contributed by atoms with Gasteiger partial charge in [0.2, 0.25) is 0 Å². The van der Waals surface area contributed by atoms with Crippen LogP contribution in [0.15, 0.2) is 60.2 Å². The largest absolute Gasteiger partial charge is 0.507 e. The number of morpholine rings is 1. The summed E-state index contributed by atoms with van der Waals surface area (Å²) in [7, 11) is 0. The normalized spacial score (nSPS) is 20.9. The number of nitrogens with zero attached hydrogens (tertiary/aromatic N) is 2. The molecule has 1 unspecified atom stereocenters. The lowest BCUT2D eigenvalue weighted by molar-refractivity contribution is -0.140. The predicted molar refractivity (Wildman–Crippen MR) is 125 cm³/mol. The van der Waals surface area contributed by atoms with E-state index in [1.54, 1.807) is 29.2 Å². The first kappa shape index (κ1) is 23.0. The summed E-state index contributed by atoms with van der Waals surface area (Å²) in [5, 5.41) is 11.1. The molecule has 33 heavy (non-hydrogen) atoms. The zero-order valence-corrected chi connectivity index (χ0v) is 18.9. The molecule has 0 bridgehead atoms. The third-order valence-corrected chi connectivity index (χ3v) is 6.05. The van der Waals surface area contributed by atoms with Crippen molar-refractivity contribution in [2.75, 3.05) is 46.0 Å². The first-order chi connectivity index (χ1) is 16.1. The van der Waals surface area contributed by atoms with Gasteiger partial charge in [-0.15, -0.1) is 0 Å². The minimum absolute atomic E-state index is 0.117. The molecule has 0 spiro atoms. The molecule has 4 rings (SSSR count). The van der Waals surface area contributed by atoms with Crippen molar-refractivity contribution < 1.29 is 24.2 Å². The molecule has 0 saturated carbocycles. The zero-order valence-electron chi connectivity index (χ0n) is 18.9.